The lowest BCUT2D eigenvalue weighted by Crippen LogP contribution is -2.33. The van der Waals surface area contributed by atoms with Crippen LogP contribution in [0.15, 0.2) is 18.2 Å². The van der Waals surface area contributed by atoms with Crippen LogP contribution < -0.4 is 5.32 Å². The molecule has 15 heavy (non-hydrogen) atoms. The molecular formula is C11H12N2O2. The fourth-order valence-corrected chi connectivity index (χ4v) is 1.62. The van der Waals surface area contributed by atoms with Crippen LogP contribution in [-0.4, -0.2) is 24.8 Å². The maximum absolute atomic E-state index is 9.52. The first-order valence-corrected chi connectivity index (χ1v) is 4.86. The third kappa shape index (κ3) is 2.09. The Kier molecular flexibility index (Phi) is 2.86. The molecule has 2 rings (SSSR count). The summed E-state index contributed by atoms with van der Waals surface area (Å²) in [6, 6.07) is 6.94. The van der Waals surface area contributed by atoms with Gasteiger partial charge < -0.3 is 15.2 Å². The summed E-state index contributed by atoms with van der Waals surface area (Å²) in [4.78, 5) is 0. The van der Waals surface area contributed by atoms with E-state index in [4.69, 9.17) is 10.00 Å². The summed E-state index contributed by atoms with van der Waals surface area (Å²) in [5, 5.41) is 21.4. The molecule has 1 aromatic rings. The highest BCUT2D eigenvalue weighted by Gasteiger charge is 2.16. The molecule has 0 radical (unpaired) electrons. The van der Waals surface area contributed by atoms with E-state index in [-0.39, 0.29) is 11.9 Å². The first kappa shape index (κ1) is 9.97. The Morgan fingerprint density at radius 1 is 1.53 bits per heavy atom. The summed E-state index contributed by atoms with van der Waals surface area (Å²) in [6.45, 7) is 2.27. The van der Waals surface area contributed by atoms with Gasteiger partial charge in [-0.15, -0.1) is 0 Å². The van der Waals surface area contributed by atoms with Gasteiger partial charge in [0.1, 0.15) is 11.8 Å². The highest BCUT2D eigenvalue weighted by atomic mass is 16.5. The second-order valence-electron chi connectivity index (χ2n) is 3.45. The predicted octanol–water partition coefficient (Wildman–Crippen LogP) is 0.925. The number of aromatic hydroxyl groups is 1. The molecular weight excluding hydrogens is 192 g/mol. The SMILES string of the molecule is N#Cc1ccc(C2CNCCO2)cc1O. The Bertz CT molecular complexity index is 392. The highest BCUT2D eigenvalue weighted by Crippen LogP contribution is 2.24. The fourth-order valence-electron chi connectivity index (χ4n) is 1.62. The van der Waals surface area contributed by atoms with Crippen molar-refractivity contribution in [2.45, 2.75) is 6.10 Å². The van der Waals surface area contributed by atoms with Gasteiger partial charge in [-0.1, -0.05) is 6.07 Å². The summed E-state index contributed by atoms with van der Waals surface area (Å²) in [7, 11) is 0. The third-order valence-electron chi connectivity index (χ3n) is 2.44. The first-order valence-electron chi connectivity index (χ1n) is 4.86. The van der Waals surface area contributed by atoms with Gasteiger partial charge in [0.25, 0.3) is 0 Å². The van der Waals surface area contributed by atoms with Gasteiger partial charge >= 0.3 is 0 Å². The number of ether oxygens (including phenoxy) is 1. The van der Waals surface area contributed by atoms with E-state index in [1.54, 1.807) is 12.1 Å². The lowest BCUT2D eigenvalue weighted by Gasteiger charge is -2.24. The van der Waals surface area contributed by atoms with Crippen LogP contribution in [0.3, 0.4) is 0 Å². The number of morpholine rings is 1. The number of hydrogen-bond donors (Lipinski definition) is 2. The monoisotopic (exact) mass is 204 g/mol. The number of rotatable bonds is 1. The van der Waals surface area contributed by atoms with Crippen molar-refractivity contribution in [3.63, 3.8) is 0 Å². The summed E-state index contributed by atoms with van der Waals surface area (Å²) in [6.07, 6.45) is -0.0302. The molecule has 1 heterocycles. The molecule has 4 nitrogen and oxygen atoms in total. The van der Waals surface area contributed by atoms with E-state index >= 15 is 0 Å². The van der Waals surface area contributed by atoms with Crippen LogP contribution in [-0.2, 0) is 4.74 Å². The number of benzene rings is 1. The van der Waals surface area contributed by atoms with E-state index < -0.39 is 0 Å². The van der Waals surface area contributed by atoms with Gasteiger partial charge in [-0.3, -0.25) is 0 Å². The van der Waals surface area contributed by atoms with Crippen molar-refractivity contribution < 1.29 is 9.84 Å². The van der Waals surface area contributed by atoms with Gasteiger partial charge in [-0.2, -0.15) is 5.26 Å². The predicted molar refractivity (Wildman–Crippen MR) is 54.4 cm³/mol. The zero-order valence-electron chi connectivity index (χ0n) is 8.23. The number of phenolic OH excluding ortho intramolecular Hbond substituents is 1. The van der Waals surface area contributed by atoms with Gasteiger partial charge in [0, 0.05) is 13.1 Å². The van der Waals surface area contributed by atoms with E-state index in [1.165, 1.54) is 0 Å². The van der Waals surface area contributed by atoms with Crippen LogP contribution >= 0.6 is 0 Å². The van der Waals surface area contributed by atoms with E-state index in [2.05, 4.69) is 5.32 Å². The number of hydrogen-bond acceptors (Lipinski definition) is 4. The van der Waals surface area contributed by atoms with E-state index in [9.17, 15) is 5.11 Å². The molecule has 1 fully saturated rings. The van der Waals surface area contributed by atoms with Crippen molar-refractivity contribution in [1.29, 1.82) is 5.26 Å². The first-order chi connectivity index (χ1) is 7.31. The Morgan fingerprint density at radius 3 is 3.00 bits per heavy atom. The topological polar surface area (TPSA) is 65.3 Å². The molecule has 1 atom stereocenters. The molecule has 4 heteroatoms. The zero-order valence-corrected chi connectivity index (χ0v) is 8.23. The van der Waals surface area contributed by atoms with Crippen LogP contribution in [0.2, 0.25) is 0 Å². The molecule has 0 bridgehead atoms. The van der Waals surface area contributed by atoms with E-state index in [0.717, 1.165) is 18.7 Å². The summed E-state index contributed by atoms with van der Waals surface area (Å²) in [5.74, 6) is 0.0178. The molecule has 1 unspecified atom stereocenters. The molecule has 1 aromatic carbocycles. The zero-order chi connectivity index (χ0) is 10.7. The largest absolute Gasteiger partial charge is 0.507 e. The fraction of sp³-hybridized carbons (Fsp3) is 0.364. The van der Waals surface area contributed by atoms with Crippen LogP contribution in [0.5, 0.6) is 5.75 Å². The van der Waals surface area contributed by atoms with Gasteiger partial charge in [0.2, 0.25) is 0 Å². The average Bonchev–Trinajstić information content (AvgIpc) is 2.30. The molecule has 2 N–H and O–H groups in total. The number of nitrogens with zero attached hydrogens (tertiary/aromatic N) is 1. The van der Waals surface area contributed by atoms with Crippen molar-refractivity contribution >= 4 is 0 Å². The van der Waals surface area contributed by atoms with Crippen LogP contribution in [0, 0.1) is 11.3 Å². The van der Waals surface area contributed by atoms with E-state index in [1.807, 2.05) is 12.1 Å². The van der Waals surface area contributed by atoms with Gasteiger partial charge in [0.05, 0.1) is 18.3 Å². The maximum Gasteiger partial charge on any atom is 0.133 e. The minimum absolute atomic E-state index is 0.0178. The molecule has 0 spiro atoms. The van der Waals surface area contributed by atoms with Crippen LogP contribution in [0.4, 0.5) is 0 Å². The third-order valence-corrected chi connectivity index (χ3v) is 2.44. The Morgan fingerprint density at radius 2 is 2.40 bits per heavy atom. The molecule has 1 saturated heterocycles. The van der Waals surface area contributed by atoms with Crippen LogP contribution in [0.25, 0.3) is 0 Å². The second-order valence-corrected chi connectivity index (χ2v) is 3.45. The average molecular weight is 204 g/mol. The maximum atomic E-state index is 9.52. The summed E-state index contributed by atoms with van der Waals surface area (Å²) >= 11 is 0. The number of nitrogens with one attached hydrogen (secondary N) is 1. The second kappa shape index (κ2) is 4.30. The smallest absolute Gasteiger partial charge is 0.133 e. The normalized spacial score (nSPS) is 20.9. The number of nitriles is 1. The van der Waals surface area contributed by atoms with Gasteiger partial charge in [0.15, 0.2) is 0 Å². The molecule has 1 aliphatic heterocycles. The van der Waals surface area contributed by atoms with Gasteiger partial charge in [-0.05, 0) is 17.7 Å². The standard InChI is InChI=1S/C11H12N2O2/c12-6-9-2-1-8(5-10(9)14)11-7-13-3-4-15-11/h1-2,5,11,13-14H,3-4,7H2. The minimum atomic E-state index is -0.0302. The quantitative estimate of drug-likeness (QED) is 0.714. The highest BCUT2D eigenvalue weighted by molar-refractivity contribution is 5.44. The van der Waals surface area contributed by atoms with Crippen molar-refractivity contribution in [3.05, 3.63) is 29.3 Å². The molecule has 78 valence electrons. The molecule has 1 aliphatic rings. The Balaban J connectivity index is 2.22. The van der Waals surface area contributed by atoms with Crippen molar-refractivity contribution in [2.75, 3.05) is 19.7 Å². The molecule has 0 saturated carbocycles. The lowest BCUT2D eigenvalue weighted by atomic mass is 10.1. The van der Waals surface area contributed by atoms with Crippen LogP contribution in [0.1, 0.15) is 17.2 Å². The molecule has 0 aromatic heterocycles. The Labute approximate surface area is 88.1 Å². The molecule has 0 amide bonds. The Hall–Kier alpha value is -1.57. The molecule has 0 aliphatic carbocycles. The number of phenols is 1. The summed E-state index contributed by atoms with van der Waals surface area (Å²) < 4.78 is 5.54. The minimum Gasteiger partial charge on any atom is -0.507 e. The van der Waals surface area contributed by atoms with Crippen molar-refractivity contribution in [3.8, 4) is 11.8 Å². The van der Waals surface area contributed by atoms with Crippen molar-refractivity contribution in [1.82, 2.24) is 5.32 Å². The summed E-state index contributed by atoms with van der Waals surface area (Å²) in [5.41, 5.74) is 1.20. The van der Waals surface area contributed by atoms with Crippen molar-refractivity contribution in [2.24, 2.45) is 0 Å². The van der Waals surface area contributed by atoms with E-state index in [0.29, 0.717) is 12.2 Å². The lowest BCUT2D eigenvalue weighted by molar-refractivity contribution is 0.0276. The van der Waals surface area contributed by atoms with Gasteiger partial charge in [-0.25, -0.2) is 0 Å².